The van der Waals surface area contributed by atoms with Crippen LogP contribution < -0.4 is 0 Å². The van der Waals surface area contributed by atoms with Gasteiger partial charge in [-0.25, -0.2) is 0 Å². The maximum absolute atomic E-state index is 14.3. The van der Waals surface area contributed by atoms with Gasteiger partial charge in [0.25, 0.3) is 0 Å². The van der Waals surface area contributed by atoms with E-state index in [0.29, 0.717) is 25.0 Å². The van der Waals surface area contributed by atoms with Crippen LogP contribution in [-0.2, 0) is 47.5 Å². The van der Waals surface area contributed by atoms with Crippen LogP contribution in [0.5, 0.6) is 0 Å². The van der Waals surface area contributed by atoms with Crippen molar-refractivity contribution in [3.05, 3.63) is 11.3 Å². The lowest BCUT2D eigenvalue weighted by atomic mass is 9.78. The summed E-state index contributed by atoms with van der Waals surface area (Å²) in [6.07, 6.45) is -6.53. The minimum Gasteiger partial charge on any atom is -0.489 e. The number of carbonyl (C=O) groups excluding carboxylic acids is 2. The Kier molecular flexibility index (Phi) is 14.9. The molecule has 4 aliphatic rings. The van der Waals surface area contributed by atoms with E-state index < -0.39 is 95.8 Å². The van der Waals surface area contributed by atoms with Crippen molar-refractivity contribution in [1.29, 1.82) is 0 Å². The van der Waals surface area contributed by atoms with Gasteiger partial charge in [-0.05, 0) is 87.4 Å². The Morgan fingerprint density at radius 1 is 0.982 bits per heavy atom. The van der Waals surface area contributed by atoms with Crippen molar-refractivity contribution in [3.63, 3.8) is 0 Å². The van der Waals surface area contributed by atoms with E-state index in [1.807, 2.05) is 60.5 Å². The molecule has 0 aromatic rings. The molecule has 0 spiro atoms. The van der Waals surface area contributed by atoms with Gasteiger partial charge in [-0.15, -0.1) is 0 Å². The van der Waals surface area contributed by atoms with Crippen molar-refractivity contribution in [1.82, 2.24) is 4.90 Å². The smallest absolute Gasteiger partial charge is 0.311 e. The lowest BCUT2D eigenvalue weighted by molar-refractivity contribution is -0.317. The van der Waals surface area contributed by atoms with Gasteiger partial charge in [0.05, 0.1) is 30.3 Å². The average molecular weight is 786 g/mol. The van der Waals surface area contributed by atoms with E-state index in [4.69, 9.17) is 37.9 Å². The lowest BCUT2D eigenvalue weighted by Crippen LogP contribution is -2.60. The number of methoxy groups -OCH3 is 1. The highest BCUT2D eigenvalue weighted by molar-refractivity contribution is 5.73. The van der Waals surface area contributed by atoms with E-state index >= 15 is 0 Å². The number of ether oxygens (including phenoxy) is 8. The van der Waals surface area contributed by atoms with Crippen LogP contribution >= 0.6 is 0 Å². The normalized spacial score (nSPS) is 46.0. The van der Waals surface area contributed by atoms with Crippen molar-refractivity contribution in [3.8, 4) is 0 Å². The fraction of sp³-hybridized carbons (Fsp3) is 0.902. The topological polar surface area (TPSA) is 172 Å². The van der Waals surface area contributed by atoms with E-state index in [2.05, 4.69) is 0 Å². The van der Waals surface area contributed by atoms with Crippen LogP contribution in [0, 0.1) is 17.8 Å². The van der Waals surface area contributed by atoms with E-state index in [1.165, 1.54) is 6.92 Å². The van der Waals surface area contributed by atoms with Gasteiger partial charge in [0.15, 0.2) is 18.7 Å². The monoisotopic (exact) mass is 785 g/mol. The Bertz CT molecular complexity index is 1360. The maximum Gasteiger partial charge on any atom is 0.311 e. The first-order valence-electron chi connectivity index (χ1n) is 20.3. The predicted octanol–water partition coefficient (Wildman–Crippen LogP) is 4.24. The van der Waals surface area contributed by atoms with Crippen molar-refractivity contribution < 1.29 is 62.8 Å². The third-order valence-corrected chi connectivity index (χ3v) is 12.6. The SMILES string of the molecule is CCCC(=O)O[C@H]1[C@H](C)O[C@@H](O[C@H]2[C@H](C)[C@@H](O[C@@H]3O[C@H](C)C[C@H](N(C)C)[C@H]3O)[C@@]3(C)CC(C)=C(O3)[C@H](C)[C@@H](O)[C@](C)(O)[C@@H](CC)OC(=O)[C@@H]2C)C[C@@]1(C)OC. The van der Waals surface area contributed by atoms with Crippen molar-refractivity contribution in [2.75, 3.05) is 21.2 Å². The number of likely N-dealkylation sites (N-methyl/N-ethyl adjacent to an activating group) is 1. The Morgan fingerprint density at radius 2 is 1.64 bits per heavy atom. The predicted molar refractivity (Wildman–Crippen MR) is 202 cm³/mol. The molecule has 3 saturated heterocycles. The second kappa shape index (κ2) is 17.9. The minimum atomic E-state index is -1.84. The first-order valence-corrected chi connectivity index (χ1v) is 20.3. The van der Waals surface area contributed by atoms with Gasteiger partial charge in [-0.1, -0.05) is 27.7 Å². The lowest BCUT2D eigenvalue weighted by Gasteiger charge is -2.49. The third kappa shape index (κ3) is 9.54. The number of nitrogens with zero attached hydrogens (tertiary/aromatic N) is 1. The zero-order valence-electron chi connectivity index (χ0n) is 35.7. The molecule has 0 aromatic carbocycles. The second-order valence-electron chi connectivity index (χ2n) is 17.6. The molecule has 0 aliphatic carbocycles. The summed E-state index contributed by atoms with van der Waals surface area (Å²) < 4.78 is 51.3. The number of esters is 2. The zero-order valence-corrected chi connectivity index (χ0v) is 35.7. The number of cyclic esters (lactones) is 1. The van der Waals surface area contributed by atoms with Crippen LogP contribution in [0.1, 0.15) is 115 Å². The van der Waals surface area contributed by atoms with Gasteiger partial charge < -0.3 is 58.1 Å². The van der Waals surface area contributed by atoms with Gasteiger partial charge in [0.2, 0.25) is 0 Å². The summed E-state index contributed by atoms with van der Waals surface area (Å²) in [5, 5.41) is 35.2. The van der Waals surface area contributed by atoms with Crippen LogP contribution in [0.25, 0.3) is 0 Å². The second-order valence-corrected chi connectivity index (χ2v) is 17.6. The van der Waals surface area contributed by atoms with Gasteiger partial charge in [0.1, 0.15) is 40.9 Å². The standard InChI is InChI=1S/C41H71NO13/c1-15-17-29(43)52-36-26(8)50-30(20-39(36,9)48-14)53-33-24(6)35(54-38-31(44)27(42(12)13)18-22(4)49-38)40(10)19-21(3)32(55-40)23(5)34(45)41(11,47)28(16-2)51-37(46)25(33)7/h22-28,30-31,33-36,38,44-45,47H,15-20H2,1-14H3/t22-,23+,24+,25-,26+,27+,28-,30+,31-,33+,34-,35-,36+,38+,39-,40-,41-/m1/s1. The summed E-state index contributed by atoms with van der Waals surface area (Å²) in [6, 6.07) is -0.251. The third-order valence-electron chi connectivity index (χ3n) is 12.6. The van der Waals surface area contributed by atoms with Crippen molar-refractivity contribution in [2.24, 2.45) is 17.8 Å². The molecule has 14 heteroatoms. The van der Waals surface area contributed by atoms with Crippen LogP contribution in [0.4, 0.5) is 0 Å². The molecule has 0 radical (unpaired) electrons. The first-order chi connectivity index (χ1) is 25.5. The molecular formula is C41H71NO13. The molecular weight excluding hydrogens is 714 g/mol. The molecule has 0 amide bonds. The van der Waals surface area contributed by atoms with Crippen LogP contribution in [-0.4, -0.2) is 138 Å². The fourth-order valence-corrected chi connectivity index (χ4v) is 9.34. The van der Waals surface area contributed by atoms with Gasteiger partial charge >= 0.3 is 11.9 Å². The van der Waals surface area contributed by atoms with E-state index in [-0.39, 0.29) is 37.4 Å². The summed E-state index contributed by atoms with van der Waals surface area (Å²) in [7, 11) is 5.36. The zero-order chi connectivity index (χ0) is 41.4. The van der Waals surface area contributed by atoms with Gasteiger partial charge in [0, 0.05) is 44.2 Å². The molecule has 2 bridgehead atoms. The number of aliphatic hydroxyl groups excluding tert-OH is 2. The van der Waals surface area contributed by atoms with Crippen LogP contribution in [0.15, 0.2) is 11.3 Å². The van der Waals surface area contributed by atoms with Crippen LogP contribution in [0.2, 0.25) is 0 Å². The molecule has 0 unspecified atom stereocenters. The first kappa shape index (κ1) is 45.8. The highest BCUT2D eigenvalue weighted by Crippen LogP contribution is 2.47. The summed E-state index contributed by atoms with van der Waals surface area (Å²) in [5.41, 5.74) is -3.06. The molecule has 14 nitrogen and oxygen atoms in total. The molecule has 4 rings (SSSR count). The Labute approximate surface area is 328 Å². The largest absolute Gasteiger partial charge is 0.489 e. The minimum absolute atomic E-state index is 0.162. The summed E-state index contributed by atoms with van der Waals surface area (Å²) in [4.78, 5) is 28.9. The van der Waals surface area contributed by atoms with E-state index in [9.17, 15) is 24.9 Å². The van der Waals surface area contributed by atoms with Crippen molar-refractivity contribution in [2.45, 2.75) is 199 Å². The Morgan fingerprint density at radius 3 is 2.22 bits per heavy atom. The Hall–Kier alpha value is -1.88. The average Bonchev–Trinajstić information content (AvgIpc) is 3.43. The molecule has 3 fully saturated rings. The maximum atomic E-state index is 14.3. The summed E-state index contributed by atoms with van der Waals surface area (Å²) >= 11 is 0. The number of aliphatic hydroxyl groups is 3. The summed E-state index contributed by atoms with van der Waals surface area (Å²) in [6.45, 7) is 20.0. The van der Waals surface area contributed by atoms with Gasteiger partial charge in [-0.3, -0.25) is 9.59 Å². The summed E-state index contributed by atoms with van der Waals surface area (Å²) in [5.74, 6) is -2.76. The molecule has 318 valence electrons. The highest BCUT2D eigenvalue weighted by Gasteiger charge is 2.56. The molecule has 4 heterocycles. The van der Waals surface area contributed by atoms with E-state index in [0.717, 1.165) is 5.57 Å². The number of fused-ring (bicyclic) bond motifs is 2. The molecule has 3 N–H and O–H groups in total. The molecule has 0 saturated carbocycles. The van der Waals surface area contributed by atoms with Crippen LogP contribution in [0.3, 0.4) is 0 Å². The number of rotatable bonds is 10. The number of hydrogen-bond acceptors (Lipinski definition) is 14. The fourth-order valence-electron chi connectivity index (χ4n) is 9.34. The number of hydrogen-bond donors (Lipinski definition) is 3. The van der Waals surface area contributed by atoms with Gasteiger partial charge in [-0.2, -0.15) is 0 Å². The Balaban J connectivity index is 1.82. The highest BCUT2D eigenvalue weighted by atomic mass is 16.7. The number of carbonyl (C=O) groups is 2. The quantitative estimate of drug-likeness (QED) is 0.269. The molecule has 4 aliphatic heterocycles. The molecule has 55 heavy (non-hydrogen) atoms. The van der Waals surface area contributed by atoms with E-state index in [1.54, 1.807) is 34.8 Å². The molecule has 17 atom stereocenters. The van der Waals surface area contributed by atoms with Crippen molar-refractivity contribution >= 4 is 11.9 Å². The molecule has 0 aromatic heterocycles.